The van der Waals surface area contributed by atoms with Crippen molar-refractivity contribution >= 4 is 15.9 Å². The van der Waals surface area contributed by atoms with Crippen molar-refractivity contribution in [3.63, 3.8) is 0 Å². The molecule has 1 N–H and O–H groups in total. The molecule has 0 aliphatic carbocycles. The number of furan rings is 1. The average Bonchev–Trinajstić information content (AvgIpc) is 2.70. The first-order valence-corrected chi connectivity index (χ1v) is 6.14. The zero-order chi connectivity index (χ0) is 12.3. The molecule has 2 rings (SSSR count). The first-order chi connectivity index (χ1) is 8.15. The van der Waals surface area contributed by atoms with Gasteiger partial charge in [-0.05, 0) is 52.7 Å². The molecule has 0 amide bonds. The molecule has 0 bridgehead atoms. The zero-order valence-corrected chi connectivity index (χ0v) is 11.1. The molecule has 1 aromatic heterocycles. The SMILES string of the molecule is Cc1ccc(CNCc2ccc(Br)c(F)c2)o1. The standard InChI is InChI=1S/C13H13BrFNO/c1-9-2-4-11(17-9)8-16-7-10-3-5-12(14)13(15)6-10/h2-6,16H,7-8H2,1H3. The van der Waals surface area contributed by atoms with Crippen LogP contribution in [0.15, 0.2) is 39.2 Å². The lowest BCUT2D eigenvalue weighted by molar-refractivity contribution is 0.461. The molecule has 1 heterocycles. The van der Waals surface area contributed by atoms with Crippen LogP contribution >= 0.6 is 15.9 Å². The summed E-state index contributed by atoms with van der Waals surface area (Å²) in [5.41, 5.74) is 0.911. The largest absolute Gasteiger partial charge is 0.465 e. The highest BCUT2D eigenvalue weighted by Gasteiger charge is 2.01. The molecule has 0 aliphatic rings. The summed E-state index contributed by atoms with van der Waals surface area (Å²) in [6.07, 6.45) is 0. The summed E-state index contributed by atoms with van der Waals surface area (Å²) < 4.78 is 19.1. The second-order valence-corrected chi connectivity index (χ2v) is 4.72. The number of halogens is 2. The number of nitrogens with one attached hydrogen (secondary N) is 1. The van der Waals surface area contributed by atoms with Crippen molar-refractivity contribution in [2.45, 2.75) is 20.0 Å². The lowest BCUT2D eigenvalue weighted by Gasteiger charge is -2.04. The van der Waals surface area contributed by atoms with Crippen molar-refractivity contribution in [2.75, 3.05) is 0 Å². The molecule has 0 aliphatic heterocycles. The van der Waals surface area contributed by atoms with E-state index in [4.69, 9.17) is 4.42 Å². The van der Waals surface area contributed by atoms with Gasteiger partial charge in [-0.15, -0.1) is 0 Å². The van der Waals surface area contributed by atoms with E-state index in [1.807, 2.05) is 25.1 Å². The van der Waals surface area contributed by atoms with Gasteiger partial charge < -0.3 is 9.73 Å². The summed E-state index contributed by atoms with van der Waals surface area (Å²) in [5.74, 6) is 1.55. The lowest BCUT2D eigenvalue weighted by Crippen LogP contribution is -2.12. The van der Waals surface area contributed by atoms with E-state index >= 15 is 0 Å². The van der Waals surface area contributed by atoms with Crippen LogP contribution in [-0.4, -0.2) is 0 Å². The van der Waals surface area contributed by atoms with E-state index in [1.165, 1.54) is 6.07 Å². The minimum atomic E-state index is -0.238. The molecule has 0 fully saturated rings. The van der Waals surface area contributed by atoms with Crippen molar-refractivity contribution in [3.8, 4) is 0 Å². The van der Waals surface area contributed by atoms with E-state index in [0.29, 0.717) is 17.6 Å². The van der Waals surface area contributed by atoms with E-state index in [1.54, 1.807) is 6.07 Å². The van der Waals surface area contributed by atoms with Crippen LogP contribution in [0.4, 0.5) is 4.39 Å². The van der Waals surface area contributed by atoms with Crippen LogP contribution in [0.1, 0.15) is 17.1 Å². The van der Waals surface area contributed by atoms with E-state index in [9.17, 15) is 4.39 Å². The van der Waals surface area contributed by atoms with Gasteiger partial charge in [0.05, 0.1) is 11.0 Å². The molecule has 0 spiro atoms. The van der Waals surface area contributed by atoms with Gasteiger partial charge in [0.15, 0.2) is 0 Å². The number of hydrogen-bond acceptors (Lipinski definition) is 2. The fourth-order valence-electron chi connectivity index (χ4n) is 1.56. The topological polar surface area (TPSA) is 25.2 Å². The smallest absolute Gasteiger partial charge is 0.137 e. The van der Waals surface area contributed by atoms with E-state index in [0.717, 1.165) is 17.1 Å². The van der Waals surface area contributed by atoms with Crippen LogP contribution in [0.25, 0.3) is 0 Å². The van der Waals surface area contributed by atoms with Gasteiger partial charge in [-0.3, -0.25) is 0 Å². The van der Waals surface area contributed by atoms with Gasteiger partial charge in [0.2, 0.25) is 0 Å². The van der Waals surface area contributed by atoms with Crippen LogP contribution in [0, 0.1) is 12.7 Å². The second-order valence-electron chi connectivity index (χ2n) is 3.86. The fourth-order valence-corrected chi connectivity index (χ4v) is 1.81. The van der Waals surface area contributed by atoms with Gasteiger partial charge in [0, 0.05) is 6.54 Å². The maximum atomic E-state index is 13.2. The third-order valence-corrected chi connectivity index (χ3v) is 3.05. The predicted molar refractivity (Wildman–Crippen MR) is 68.1 cm³/mol. The Morgan fingerprint density at radius 2 is 2.06 bits per heavy atom. The Bertz CT molecular complexity index is 510. The zero-order valence-electron chi connectivity index (χ0n) is 9.47. The van der Waals surface area contributed by atoms with Crippen LogP contribution < -0.4 is 5.32 Å². The van der Waals surface area contributed by atoms with E-state index in [2.05, 4.69) is 21.2 Å². The van der Waals surface area contributed by atoms with Crippen molar-refractivity contribution < 1.29 is 8.81 Å². The summed E-state index contributed by atoms with van der Waals surface area (Å²) in [4.78, 5) is 0. The number of rotatable bonds is 4. The van der Waals surface area contributed by atoms with Crippen LogP contribution in [0.2, 0.25) is 0 Å². The van der Waals surface area contributed by atoms with Gasteiger partial charge in [-0.25, -0.2) is 4.39 Å². The Morgan fingerprint density at radius 3 is 2.71 bits per heavy atom. The van der Waals surface area contributed by atoms with Crippen LogP contribution in [0.3, 0.4) is 0 Å². The molecule has 4 heteroatoms. The maximum absolute atomic E-state index is 13.2. The van der Waals surface area contributed by atoms with E-state index in [-0.39, 0.29) is 5.82 Å². The summed E-state index contributed by atoms with van der Waals surface area (Å²) >= 11 is 3.13. The van der Waals surface area contributed by atoms with Crippen LogP contribution in [-0.2, 0) is 13.1 Å². The summed E-state index contributed by atoms with van der Waals surface area (Å²) in [7, 11) is 0. The van der Waals surface area contributed by atoms with Crippen molar-refractivity contribution in [3.05, 3.63) is 57.7 Å². The molecule has 0 atom stereocenters. The molecule has 2 aromatic rings. The Balaban J connectivity index is 1.87. The molecule has 0 saturated heterocycles. The Hall–Kier alpha value is -1.13. The van der Waals surface area contributed by atoms with Gasteiger partial charge in [-0.1, -0.05) is 6.07 Å². The normalized spacial score (nSPS) is 10.8. The van der Waals surface area contributed by atoms with E-state index < -0.39 is 0 Å². The minimum absolute atomic E-state index is 0.238. The molecular formula is C13H13BrFNO. The average molecular weight is 298 g/mol. The molecule has 17 heavy (non-hydrogen) atoms. The fraction of sp³-hybridized carbons (Fsp3) is 0.231. The van der Waals surface area contributed by atoms with Crippen molar-refractivity contribution in [1.82, 2.24) is 5.32 Å². The second kappa shape index (κ2) is 5.47. The Kier molecular flexibility index (Phi) is 3.97. The highest BCUT2D eigenvalue weighted by Crippen LogP contribution is 2.16. The predicted octanol–water partition coefficient (Wildman–Crippen LogP) is 3.78. The monoisotopic (exact) mass is 297 g/mol. The summed E-state index contributed by atoms with van der Waals surface area (Å²) in [6, 6.07) is 8.97. The van der Waals surface area contributed by atoms with Gasteiger partial charge in [0.1, 0.15) is 17.3 Å². The van der Waals surface area contributed by atoms with Gasteiger partial charge in [0.25, 0.3) is 0 Å². The van der Waals surface area contributed by atoms with Gasteiger partial charge >= 0.3 is 0 Å². The Labute approximate surface area is 108 Å². The molecule has 0 saturated carbocycles. The third kappa shape index (κ3) is 3.41. The molecular weight excluding hydrogens is 285 g/mol. The quantitative estimate of drug-likeness (QED) is 0.929. The number of benzene rings is 1. The summed E-state index contributed by atoms with van der Waals surface area (Å²) in [6.45, 7) is 3.17. The minimum Gasteiger partial charge on any atom is -0.465 e. The number of hydrogen-bond donors (Lipinski definition) is 1. The molecule has 0 unspecified atom stereocenters. The summed E-state index contributed by atoms with van der Waals surface area (Å²) in [5, 5.41) is 3.20. The van der Waals surface area contributed by atoms with Crippen molar-refractivity contribution in [2.24, 2.45) is 0 Å². The third-order valence-electron chi connectivity index (χ3n) is 2.41. The maximum Gasteiger partial charge on any atom is 0.137 e. The molecule has 90 valence electrons. The van der Waals surface area contributed by atoms with Gasteiger partial charge in [-0.2, -0.15) is 0 Å². The first kappa shape index (κ1) is 12.3. The van der Waals surface area contributed by atoms with Crippen molar-refractivity contribution in [1.29, 1.82) is 0 Å². The number of aryl methyl sites for hydroxylation is 1. The molecule has 1 aromatic carbocycles. The Morgan fingerprint density at radius 1 is 1.24 bits per heavy atom. The highest BCUT2D eigenvalue weighted by atomic mass is 79.9. The molecule has 2 nitrogen and oxygen atoms in total. The van der Waals surface area contributed by atoms with Crippen LogP contribution in [0.5, 0.6) is 0 Å². The lowest BCUT2D eigenvalue weighted by atomic mass is 10.2. The first-order valence-electron chi connectivity index (χ1n) is 5.35. The highest BCUT2D eigenvalue weighted by molar-refractivity contribution is 9.10. The molecule has 0 radical (unpaired) electrons.